The minimum Gasteiger partial charge on any atom is -0.462 e. The van der Waals surface area contributed by atoms with Crippen molar-refractivity contribution in [2.75, 3.05) is 6.61 Å². The van der Waals surface area contributed by atoms with Gasteiger partial charge in [-0.25, -0.2) is 4.79 Å². The molecule has 0 unspecified atom stereocenters. The maximum atomic E-state index is 13.0. The Bertz CT molecular complexity index is 1170. The van der Waals surface area contributed by atoms with Crippen molar-refractivity contribution < 1.29 is 14.3 Å². The molecule has 0 atom stereocenters. The standard InChI is InChI=1S/C22H20BrClN2O4/c1-2-30-22(28)16-10-26(14-3-4-14)20-15(21(16)27)5-6-19(24)17(20)12-29-11-13-7-8-25-9-18(13)23/h5-10,14H,2-4,11-12H2,1H3. The van der Waals surface area contributed by atoms with E-state index in [9.17, 15) is 9.59 Å². The average Bonchev–Trinajstić information content (AvgIpc) is 3.56. The molecule has 1 aromatic carbocycles. The van der Waals surface area contributed by atoms with Crippen molar-refractivity contribution in [3.63, 3.8) is 0 Å². The lowest BCUT2D eigenvalue weighted by Gasteiger charge is -2.17. The van der Waals surface area contributed by atoms with Gasteiger partial charge < -0.3 is 14.0 Å². The van der Waals surface area contributed by atoms with Crippen LogP contribution in [0.4, 0.5) is 0 Å². The number of carbonyl (C=O) groups excluding carboxylic acids is 1. The summed E-state index contributed by atoms with van der Waals surface area (Å²) in [4.78, 5) is 29.4. The maximum absolute atomic E-state index is 13.0. The van der Waals surface area contributed by atoms with Crippen LogP contribution in [-0.2, 0) is 22.7 Å². The van der Waals surface area contributed by atoms with Gasteiger partial charge in [0, 0.05) is 45.1 Å². The number of aromatic nitrogens is 2. The lowest BCUT2D eigenvalue weighted by atomic mass is 10.1. The molecular formula is C22H20BrClN2O4. The lowest BCUT2D eigenvalue weighted by molar-refractivity contribution is 0.0524. The molecule has 0 N–H and O–H groups in total. The fourth-order valence-corrected chi connectivity index (χ4v) is 3.99. The fourth-order valence-electron chi connectivity index (χ4n) is 3.41. The number of hydrogen-bond donors (Lipinski definition) is 0. The highest BCUT2D eigenvalue weighted by atomic mass is 79.9. The van der Waals surface area contributed by atoms with Gasteiger partial charge in [0.25, 0.3) is 0 Å². The van der Waals surface area contributed by atoms with E-state index in [1.54, 1.807) is 37.6 Å². The van der Waals surface area contributed by atoms with Gasteiger partial charge in [0.2, 0.25) is 5.43 Å². The number of fused-ring (bicyclic) bond motifs is 1. The van der Waals surface area contributed by atoms with Crippen LogP contribution < -0.4 is 5.43 Å². The summed E-state index contributed by atoms with van der Waals surface area (Å²) in [5.41, 5.74) is 2.11. The van der Waals surface area contributed by atoms with Gasteiger partial charge in [-0.05, 0) is 59.5 Å². The Kier molecular flexibility index (Phi) is 6.22. The summed E-state index contributed by atoms with van der Waals surface area (Å²) in [6, 6.07) is 5.46. The van der Waals surface area contributed by atoms with Crippen molar-refractivity contribution in [1.82, 2.24) is 9.55 Å². The molecule has 0 aliphatic heterocycles. The van der Waals surface area contributed by atoms with Crippen LogP contribution >= 0.6 is 27.5 Å². The van der Waals surface area contributed by atoms with E-state index in [2.05, 4.69) is 20.9 Å². The van der Waals surface area contributed by atoms with Gasteiger partial charge in [-0.2, -0.15) is 0 Å². The zero-order valence-electron chi connectivity index (χ0n) is 16.4. The van der Waals surface area contributed by atoms with Crippen molar-refractivity contribution in [3.05, 3.63) is 73.2 Å². The van der Waals surface area contributed by atoms with E-state index in [1.165, 1.54) is 0 Å². The molecule has 1 saturated carbocycles. The summed E-state index contributed by atoms with van der Waals surface area (Å²) in [5, 5.41) is 0.967. The maximum Gasteiger partial charge on any atom is 0.343 e. The second-order valence-corrected chi connectivity index (χ2v) is 8.37. The highest BCUT2D eigenvalue weighted by Gasteiger charge is 2.28. The number of pyridine rings is 2. The third kappa shape index (κ3) is 4.15. The van der Waals surface area contributed by atoms with Crippen LogP contribution in [0.2, 0.25) is 5.02 Å². The summed E-state index contributed by atoms with van der Waals surface area (Å²) < 4.78 is 13.9. The van der Waals surface area contributed by atoms with Crippen LogP contribution in [0.25, 0.3) is 10.9 Å². The smallest absolute Gasteiger partial charge is 0.343 e. The third-order valence-electron chi connectivity index (χ3n) is 5.04. The Morgan fingerprint density at radius 2 is 2.10 bits per heavy atom. The van der Waals surface area contributed by atoms with Crippen molar-refractivity contribution in [2.45, 2.75) is 39.0 Å². The molecule has 0 saturated heterocycles. The fraction of sp³-hybridized carbons (Fsp3) is 0.318. The van der Waals surface area contributed by atoms with Crippen LogP contribution in [0.3, 0.4) is 0 Å². The molecule has 1 aliphatic carbocycles. The molecular weight excluding hydrogens is 472 g/mol. The van der Waals surface area contributed by atoms with E-state index in [0.717, 1.165) is 34.0 Å². The first-order valence-electron chi connectivity index (χ1n) is 9.70. The first-order chi connectivity index (χ1) is 14.5. The third-order valence-corrected chi connectivity index (χ3v) is 6.11. The zero-order valence-corrected chi connectivity index (χ0v) is 18.7. The van der Waals surface area contributed by atoms with Gasteiger partial charge >= 0.3 is 5.97 Å². The molecule has 0 radical (unpaired) electrons. The number of halogens is 2. The number of nitrogens with zero attached hydrogens (tertiary/aromatic N) is 2. The highest BCUT2D eigenvalue weighted by Crippen LogP contribution is 2.39. The number of ether oxygens (including phenoxy) is 2. The highest BCUT2D eigenvalue weighted by molar-refractivity contribution is 9.10. The molecule has 0 amide bonds. The molecule has 6 nitrogen and oxygen atoms in total. The number of rotatable bonds is 7. The zero-order chi connectivity index (χ0) is 21.3. The number of esters is 1. The van der Waals surface area contributed by atoms with E-state index in [1.807, 2.05) is 10.6 Å². The van der Waals surface area contributed by atoms with Crippen LogP contribution in [-0.4, -0.2) is 22.1 Å². The van der Waals surface area contributed by atoms with Crippen LogP contribution in [0.15, 0.2) is 46.1 Å². The molecule has 4 rings (SSSR count). The number of benzene rings is 1. The van der Waals surface area contributed by atoms with Gasteiger partial charge in [-0.1, -0.05) is 11.6 Å². The number of carbonyl (C=O) groups is 1. The Morgan fingerprint density at radius 1 is 1.30 bits per heavy atom. The lowest BCUT2D eigenvalue weighted by Crippen LogP contribution is -2.21. The minimum atomic E-state index is -0.603. The SMILES string of the molecule is CCOC(=O)c1cn(C2CC2)c2c(COCc3ccncc3Br)c(Cl)ccc2c1=O. The summed E-state index contributed by atoms with van der Waals surface area (Å²) in [7, 11) is 0. The molecule has 0 spiro atoms. The summed E-state index contributed by atoms with van der Waals surface area (Å²) in [5.74, 6) is -0.603. The molecule has 3 aromatic rings. The average molecular weight is 492 g/mol. The van der Waals surface area contributed by atoms with Crippen LogP contribution in [0, 0.1) is 0 Å². The Morgan fingerprint density at radius 3 is 2.80 bits per heavy atom. The Labute approximate surface area is 186 Å². The molecule has 156 valence electrons. The van der Waals surface area contributed by atoms with Crippen LogP contribution in [0.1, 0.15) is 47.3 Å². The minimum absolute atomic E-state index is 0.0474. The van der Waals surface area contributed by atoms with E-state index in [-0.39, 0.29) is 30.2 Å². The van der Waals surface area contributed by atoms with E-state index in [4.69, 9.17) is 21.1 Å². The molecule has 30 heavy (non-hydrogen) atoms. The van der Waals surface area contributed by atoms with Crippen molar-refractivity contribution >= 4 is 44.4 Å². The Balaban J connectivity index is 1.75. The van der Waals surface area contributed by atoms with Gasteiger partial charge in [-0.15, -0.1) is 0 Å². The van der Waals surface area contributed by atoms with Crippen molar-refractivity contribution in [1.29, 1.82) is 0 Å². The van der Waals surface area contributed by atoms with Crippen molar-refractivity contribution in [2.24, 2.45) is 0 Å². The molecule has 0 bridgehead atoms. The molecule has 2 aromatic heterocycles. The second kappa shape index (κ2) is 8.88. The molecule has 2 heterocycles. The predicted octanol–water partition coefficient (Wildman–Crippen LogP) is 5.04. The van der Waals surface area contributed by atoms with Crippen molar-refractivity contribution in [3.8, 4) is 0 Å². The predicted molar refractivity (Wildman–Crippen MR) is 118 cm³/mol. The van der Waals surface area contributed by atoms with Gasteiger partial charge in [0.1, 0.15) is 5.56 Å². The molecule has 8 heteroatoms. The number of hydrogen-bond acceptors (Lipinski definition) is 5. The van der Waals surface area contributed by atoms with E-state index in [0.29, 0.717) is 17.0 Å². The Hall–Kier alpha value is -2.22. The summed E-state index contributed by atoms with van der Waals surface area (Å²) >= 11 is 9.97. The first-order valence-corrected chi connectivity index (χ1v) is 10.9. The molecule has 1 aliphatic rings. The first kappa shape index (κ1) is 21.0. The van der Waals surface area contributed by atoms with Gasteiger partial charge in [-0.3, -0.25) is 9.78 Å². The van der Waals surface area contributed by atoms with Gasteiger partial charge in [0.05, 0.1) is 25.3 Å². The monoisotopic (exact) mass is 490 g/mol. The summed E-state index contributed by atoms with van der Waals surface area (Å²) in [6.07, 6.45) is 6.99. The largest absolute Gasteiger partial charge is 0.462 e. The summed E-state index contributed by atoms with van der Waals surface area (Å²) in [6.45, 7) is 2.53. The topological polar surface area (TPSA) is 70.4 Å². The van der Waals surface area contributed by atoms with E-state index >= 15 is 0 Å². The molecule has 1 fully saturated rings. The van der Waals surface area contributed by atoms with Crippen LogP contribution in [0.5, 0.6) is 0 Å². The quantitative estimate of drug-likeness (QED) is 0.433. The normalized spacial score (nSPS) is 13.6. The van der Waals surface area contributed by atoms with Gasteiger partial charge in [0.15, 0.2) is 0 Å². The van der Waals surface area contributed by atoms with E-state index < -0.39 is 5.97 Å². The second-order valence-electron chi connectivity index (χ2n) is 7.11.